The molecule has 1 atom stereocenters. The quantitative estimate of drug-likeness (QED) is 0.496. The molecule has 0 heterocycles. The molecule has 2 rings (SSSR count). The fraction of sp³-hybridized carbons (Fsp3) is 0.591. The molecule has 1 unspecified atom stereocenters. The van der Waals surface area contributed by atoms with Crippen molar-refractivity contribution in [3.63, 3.8) is 0 Å². The molecule has 2 amide bonds. The largest absolute Gasteiger partial charge is 2.00 e. The Hall–Kier alpha value is -1.53. The van der Waals surface area contributed by atoms with Gasteiger partial charge in [-0.1, -0.05) is 50.2 Å². The van der Waals surface area contributed by atoms with Crippen molar-refractivity contribution in [2.45, 2.75) is 57.8 Å². The number of phenolic OH excluding ortho intramolecular Hbond substituents is 1. The SMILES string of the molecule is [CH2-]C(CNC(=O)CCCC1CCCCC1)C(=O)NCCc1ccc(O)cc1.[Co+2]. The number of hydrogen-bond acceptors (Lipinski definition) is 3. The van der Waals surface area contributed by atoms with E-state index in [0.29, 0.717) is 19.4 Å². The number of benzene rings is 1. The third-order valence-electron chi connectivity index (χ3n) is 5.31. The molecule has 1 saturated carbocycles. The van der Waals surface area contributed by atoms with Crippen LogP contribution in [0.2, 0.25) is 0 Å². The first-order chi connectivity index (χ1) is 13.0. The van der Waals surface area contributed by atoms with Crippen molar-refractivity contribution in [1.82, 2.24) is 10.6 Å². The number of rotatable bonds is 10. The van der Waals surface area contributed by atoms with Gasteiger partial charge in [-0.2, -0.15) is 0 Å². The molecule has 0 bridgehead atoms. The molecule has 3 N–H and O–H groups in total. The van der Waals surface area contributed by atoms with Crippen molar-refractivity contribution in [2.24, 2.45) is 11.8 Å². The van der Waals surface area contributed by atoms with Crippen molar-refractivity contribution in [1.29, 1.82) is 0 Å². The smallest absolute Gasteiger partial charge is 0.508 e. The average Bonchev–Trinajstić information content (AvgIpc) is 2.68. The number of nitrogens with one attached hydrogen (secondary N) is 2. The molecule has 6 heteroatoms. The zero-order valence-corrected chi connectivity index (χ0v) is 17.6. The van der Waals surface area contributed by atoms with Gasteiger partial charge in [0.1, 0.15) is 5.75 Å². The molecule has 1 aliphatic carbocycles. The van der Waals surface area contributed by atoms with Gasteiger partial charge in [-0.25, -0.2) is 0 Å². The zero-order valence-electron chi connectivity index (χ0n) is 16.5. The minimum absolute atomic E-state index is 0. The van der Waals surface area contributed by atoms with E-state index in [9.17, 15) is 14.7 Å². The van der Waals surface area contributed by atoms with Gasteiger partial charge in [0.25, 0.3) is 0 Å². The summed E-state index contributed by atoms with van der Waals surface area (Å²) >= 11 is 0. The molecule has 5 nitrogen and oxygen atoms in total. The average molecular weight is 432 g/mol. The summed E-state index contributed by atoms with van der Waals surface area (Å²) in [5, 5.41) is 14.9. The third kappa shape index (κ3) is 9.60. The van der Waals surface area contributed by atoms with Crippen LogP contribution in [0.5, 0.6) is 5.75 Å². The second-order valence-electron chi connectivity index (χ2n) is 7.60. The number of phenols is 1. The molecule has 157 valence electrons. The molecule has 0 aliphatic heterocycles. The Morgan fingerprint density at radius 3 is 2.46 bits per heavy atom. The van der Waals surface area contributed by atoms with Crippen LogP contribution in [0.15, 0.2) is 24.3 Å². The zero-order chi connectivity index (χ0) is 19.5. The van der Waals surface area contributed by atoms with Gasteiger partial charge in [0.05, 0.1) is 0 Å². The number of carbonyl (C=O) groups is 2. The first-order valence-corrected chi connectivity index (χ1v) is 10.2. The Morgan fingerprint density at radius 1 is 1.11 bits per heavy atom. The molecule has 0 saturated heterocycles. The van der Waals surface area contributed by atoms with E-state index in [0.717, 1.165) is 24.3 Å². The fourth-order valence-electron chi connectivity index (χ4n) is 3.58. The first-order valence-electron chi connectivity index (χ1n) is 10.2. The van der Waals surface area contributed by atoms with E-state index < -0.39 is 5.92 Å². The van der Waals surface area contributed by atoms with E-state index in [4.69, 9.17) is 0 Å². The molecule has 1 aromatic rings. The summed E-state index contributed by atoms with van der Waals surface area (Å²) in [6, 6.07) is 6.92. The predicted octanol–water partition coefficient (Wildman–Crippen LogP) is 3.37. The predicted molar refractivity (Wildman–Crippen MR) is 107 cm³/mol. The van der Waals surface area contributed by atoms with E-state index in [-0.39, 0.29) is 40.9 Å². The van der Waals surface area contributed by atoms with Crippen LogP contribution in [0, 0.1) is 18.8 Å². The molecule has 1 aliphatic rings. The maximum absolute atomic E-state index is 12.1. The third-order valence-corrected chi connectivity index (χ3v) is 5.31. The molecular weight excluding hydrogens is 399 g/mol. The monoisotopic (exact) mass is 432 g/mol. The Labute approximate surface area is 179 Å². The second-order valence-corrected chi connectivity index (χ2v) is 7.60. The van der Waals surface area contributed by atoms with Crippen LogP contribution < -0.4 is 10.6 Å². The summed E-state index contributed by atoms with van der Waals surface area (Å²) in [4.78, 5) is 24.0. The molecule has 1 aromatic carbocycles. The van der Waals surface area contributed by atoms with E-state index in [1.165, 1.54) is 32.1 Å². The van der Waals surface area contributed by atoms with Gasteiger partial charge in [-0.05, 0) is 42.9 Å². The summed E-state index contributed by atoms with van der Waals surface area (Å²) in [6.07, 6.45) is 9.94. The fourth-order valence-corrected chi connectivity index (χ4v) is 3.58. The van der Waals surface area contributed by atoms with Crippen LogP contribution in [0.25, 0.3) is 0 Å². The molecule has 0 spiro atoms. The van der Waals surface area contributed by atoms with Gasteiger partial charge < -0.3 is 22.7 Å². The number of carbonyl (C=O) groups excluding carboxylic acids is 2. The maximum atomic E-state index is 12.1. The van der Waals surface area contributed by atoms with Crippen LogP contribution >= 0.6 is 0 Å². The van der Waals surface area contributed by atoms with Crippen molar-refractivity contribution in [3.8, 4) is 5.75 Å². The summed E-state index contributed by atoms with van der Waals surface area (Å²) in [7, 11) is 0. The van der Waals surface area contributed by atoms with Crippen LogP contribution in [-0.4, -0.2) is 30.0 Å². The maximum Gasteiger partial charge on any atom is 2.00 e. The van der Waals surface area contributed by atoms with E-state index in [2.05, 4.69) is 17.6 Å². The van der Waals surface area contributed by atoms with Crippen molar-refractivity contribution in [3.05, 3.63) is 36.8 Å². The van der Waals surface area contributed by atoms with Crippen LogP contribution in [0.1, 0.15) is 56.9 Å². The molecule has 1 radical (unpaired) electrons. The normalized spacial score (nSPS) is 15.3. The van der Waals surface area contributed by atoms with Gasteiger partial charge in [-0.15, -0.1) is 0 Å². The summed E-state index contributed by atoms with van der Waals surface area (Å²) < 4.78 is 0. The molecular formula is C22H33CoN2O3+. The topological polar surface area (TPSA) is 78.4 Å². The van der Waals surface area contributed by atoms with Gasteiger partial charge >= 0.3 is 16.8 Å². The first kappa shape index (κ1) is 24.5. The van der Waals surface area contributed by atoms with E-state index in [1.807, 2.05) is 12.1 Å². The second kappa shape index (κ2) is 13.6. The summed E-state index contributed by atoms with van der Waals surface area (Å²) in [6.45, 7) is 4.62. The van der Waals surface area contributed by atoms with E-state index in [1.54, 1.807) is 12.1 Å². The minimum Gasteiger partial charge on any atom is -0.508 e. The van der Waals surface area contributed by atoms with Crippen molar-refractivity contribution < 1.29 is 31.5 Å². The Morgan fingerprint density at radius 2 is 1.79 bits per heavy atom. The van der Waals surface area contributed by atoms with E-state index >= 15 is 0 Å². The van der Waals surface area contributed by atoms with Gasteiger partial charge in [0, 0.05) is 19.5 Å². The van der Waals surface area contributed by atoms with Gasteiger partial charge in [0.15, 0.2) is 5.91 Å². The van der Waals surface area contributed by atoms with Crippen LogP contribution in [0.4, 0.5) is 0 Å². The van der Waals surface area contributed by atoms with Gasteiger partial charge in [-0.3, -0.25) is 9.59 Å². The van der Waals surface area contributed by atoms with Crippen molar-refractivity contribution >= 4 is 11.8 Å². The minimum atomic E-state index is -0.493. The molecule has 28 heavy (non-hydrogen) atoms. The molecule has 1 fully saturated rings. The number of aromatic hydroxyl groups is 1. The van der Waals surface area contributed by atoms with Crippen LogP contribution in [0.3, 0.4) is 0 Å². The molecule has 0 aromatic heterocycles. The van der Waals surface area contributed by atoms with Crippen molar-refractivity contribution in [2.75, 3.05) is 13.1 Å². The summed E-state index contributed by atoms with van der Waals surface area (Å²) in [5.41, 5.74) is 1.04. The Bertz CT molecular complexity index is 586. The number of amides is 2. The summed E-state index contributed by atoms with van der Waals surface area (Å²) in [5.74, 6) is 0.390. The Balaban J connectivity index is 0.00000392. The Kier molecular flexibility index (Phi) is 11.9. The van der Waals surface area contributed by atoms with Crippen LogP contribution in [-0.2, 0) is 32.8 Å². The number of hydrogen-bond donors (Lipinski definition) is 3. The standard InChI is InChI=1S/C22H33N2O3.Co/c1-17(22(27)23-15-14-19-10-12-20(25)13-11-19)16-24-21(26)9-5-8-18-6-3-2-4-7-18;/h10-13,17-18,25H,1-9,14-16H2,(H,23,27)(H,24,26);/q-1;+2. The van der Waals surface area contributed by atoms with Gasteiger partial charge in [0.2, 0.25) is 5.91 Å².